The molecule has 0 radical (unpaired) electrons. The largest absolute Gasteiger partial charge is 0.464 e. The second-order valence-corrected chi connectivity index (χ2v) is 8.40. The minimum absolute atomic E-state index is 0.0278. The van der Waals surface area contributed by atoms with E-state index < -0.39 is 0 Å². The lowest BCUT2D eigenvalue weighted by Gasteiger charge is -2.26. The van der Waals surface area contributed by atoms with E-state index in [-0.39, 0.29) is 17.8 Å². The number of rotatable bonds is 4. The fourth-order valence-electron chi connectivity index (χ4n) is 4.87. The van der Waals surface area contributed by atoms with Crippen molar-refractivity contribution >= 4 is 16.8 Å². The van der Waals surface area contributed by atoms with Crippen molar-refractivity contribution < 1.29 is 13.6 Å². The number of amides is 1. The monoisotopic (exact) mass is 436 g/mol. The molecule has 5 aromatic rings. The van der Waals surface area contributed by atoms with Crippen LogP contribution in [0.2, 0.25) is 0 Å². The van der Waals surface area contributed by atoms with Gasteiger partial charge in [0.15, 0.2) is 0 Å². The van der Waals surface area contributed by atoms with Gasteiger partial charge in [-0.1, -0.05) is 36.4 Å². The molecule has 1 N–H and O–H groups in total. The zero-order valence-electron chi connectivity index (χ0n) is 18.0. The Kier molecular flexibility index (Phi) is 4.44. The van der Waals surface area contributed by atoms with E-state index in [0.29, 0.717) is 12.1 Å². The molecule has 2 aromatic heterocycles. The molecule has 0 saturated heterocycles. The Balaban J connectivity index is 1.60. The van der Waals surface area contributed by atoms with E-state index in [9.17, 15) is 9.18 Å². The Morgan fingerprint density at radius 1 is 0.939 bits per heavy atom. The smallest absolute Gasteiger partial charge is 0.255 e. The molecule has 0 saturated carbocycles. The second-order valence-electron chi connectivity index (χ2n) is 8.40. The predicted molar refractivity (Wildman–Crippen MR) is 125 cm³/mol. The van der Waals surface area contributed by atoms with Gasteiger partial charge in [0.25, 0.3) is 5.91 Å². The fraction of sp³-hybridized carbons (Fsp3) is 0.107. The molecule has 33 heavy (non-hydrogen) atoms. The number of aromatic amines is 1. The summed E-state index contributed by atoms with van der Waals surface area (Å²) in [6.07, 6.45) is 0. The highest BCUT2D eigenvalue weighted by Gasteiger charge is 2.40. The first kappa shape index (κ1) is 19.6. The summed E-state index contributed by atoms with van der Waals surface area (Å²) >= 11 is 0. The summed E-state index contributed by atoms with van der Waals surface area (Å²) in [7, 11) is 0. The Morgan fingerprint density at radius 3 is 2.48 bits per heavy atom. The number of nitrogens with zero attached hydrogens (tertiary/aromatic N) is 1. The fourth-order valence-corrected chi connectivity index (χ4v) is 4.87. The summed E-state index contributed by atoms with van der Waals surface area (Å²) in [4.78, 5) is 19.0. The van der Waals surface area contributed by atoms with Crippen LogP contribution in [0.5, 0.6) is 0 Å². The number of hydrogen-bond acceptors (Lipinski definition) is 2. The third-order valence-corrected chi connectivity index (χ3v) is 6.33. The molecular weight excluding hydrogens is 415 g/mol. The summed E-state index contributed by atoms with van der Waals surface area (Å²) in [6.45, 7) is 2.25. The van der Waals surface area contributed by atoms with Crippen molar-refractivity contribution in [1.29, 1.82) is 0 Å². The van der Waals surface area contributed by atoms with Crippen LogP contribution in [-0.4, -0.2) is 15.8 Å². The Labute approximate surface area is 190 Å². The highest BCUT2D eigenvalue weighted by atomic mass is 19.1. The van der Waals surface area contributed by atoms with Crippen LogP contribution in [0.25, 0.3) is 22.2 Å². The maximum atomic E-state index is 13.7. The van der Waals surface area contributed by atoms with Gasteiger partial charge in [0.1, 0.15) is 17.3 Å². The lowest BCUT2D eigenvalue weighted by molar-refractivity contribution is 0.0723. The molecule has 162 valence electrons. The number of fused-ring (bicyclic) bond motifs is 2. The van der Waals surface area contributed by atoms with Crippen molar-refractivity contribution in [2.45, 2.75) is 19.5 Å². The van der Waals surface area contributed by atoms with Crippen LogP contribution in [0, 0.1) is 12.7 Å². The normalized spacial score (nSPS) is 15.4. The molecule has 0 aliphatic carbocycles. The molecule has 1 atom stereocenters. The molecule has 4 nitrogen and oxygen atoms in total. The minimum atomic E-state index is -0.310. The number of halogens is 1. The van der Waals surface area contributed by atoms with Crippen LogP contribution < -0.4 is 0 Å². The number of nitrogens with one attached hydrogen (secondary N) is 1. The first-order chi connectivity index (χ1) is 16.1. The van der Waals surface area contributed by atoms with Crippen LogP contribution in [0.1, 0.15) is 39.0 Å². The number of furan rings is 1. The topological polar surface area (TPSA) is 49.2 Å². The van der Waals surface area contributed by atoms with E-state index in [2.05, 4.69) is 11.1 Å². The van der Waals surface area contributed by atoms with Crippen LogP contribution in [0.15, 0.2) is 89.3 Å². The number of hydrogen-bond donors (Lipinski definition) is 1. The lowest BCUT2D eigenvalue weighted by atomic mass is 9.93. The number of para-hydroxylation sites is 1. The standard InChI is InChI=1S/C28H21FN2O2/c1-17-10-15-20(33-17)16-31-27(21-6-2-3-7-22(21)28(31)32)25-23-8-4-5-9-24(23)30-26(25)18-11-13-19(29)14-12-18/h2-15,27,30H,16H2,1H3/t27-/m1/s1. The molecule has 1 aliphatic rings. The SMILES string of the molecule is Cc1ccc(CN2C(=O)c3ccccc3[C@@H]2c2c(-c3ccc(F)cc3)[nH]c3ccccc23)o1. The zero-order valence-corrected chi connectivity index (χ0v) is 18.0. The number of H-pyrrole nitrogens is 1. The van der Waals surface area contributed by atoms with E-state index in [4.69, 9.17) is 4.42 Å². The van der Waals surface area contributed by atoms with Gasteiger partial charge in [0.05, 0.1) is 18.3 Å². The van der Waals surface area contributed by atoms with Crippen molar-refractivity contribution in [2.24, 2.45) is 0 Å². The maximum Gasteiger partial charge on any atom is 0.255 e. The predicted octanol–water partition coefficient (Wildman–Crippen LogP) is 6.62. The van der Waals surface area contributed by atoms with Crippen molar-refractivity contribution in [2.75, 3.05) is 0 Å². The molecule has 3 heterocycles. The number of benzene rings is 3. The van der Waals surface area contributed by atoms with Gasteiger partial charge in [-0.2, -0.15) is 0 Å². The molecule has 0 fully saturated rings. The second kappa shape index (κ2) is 7.48. The summed E-state index contributed by atoms with van der Waals surface area (Å²) in [6, 6.07) is 25.8. The first-order valence-electron chi connectivity index (χ1n) is 10.9. The average molecular weight is 436 g/mol. The molecule has 6 rings (SSSR count). The molecule has 0 bridgehead atoms. The Hall–Kier alpha value is -4.12. The van der Waals surface area contributed by atoms with E-state index in [0.717, 1.165) is 44.8 Å². The molecule has 1 amide bonds. The molecule has 0 unspecified atom stereocenters. The number of carbonyl (C=O) groups is 1. The van der Waals surface area contributed by atoms with Crippen molar-refractivity contribution in [1.82, 2.24) is 9.88 Å². The van der Waals surface area contributed by atoms with Crippen molar-refractivity contribution in [3.8, 4) is 11.3 Å². The van der Waals surface area contributed by atoms with Crippen LogP contribution in [0.3, 0.4) is 0 Å². The van der Waals surface area contributed by atoms with Gasteiger partial charge >= 0.3 is 0 Å². The summed E-state index contributed by atoms with van der Waals surface area (Å²) in [5.74, 6) is 1.24. The summed E-state index contributed by atoms with van der Waals surface area (Å²) < 4.78 is 19.5. The molecule has 1 aliphatic heterocycles. The van der Waals surface area contributed by atoms with Crippen LogP contribution in [-0.2, 0) is 6.54 Å². The number of aryl methyl sites for hydroxylation is 1. The van der Waals surface area contributed by atoms with E-state index >= 15 is 0 Å². The lowest BCUT2D eigenvalue weighted by Crippen LogP contribution is -2.28. The highest BCUT2D eigenvalue weighted by Crippen LogP contribution is 2.46. The van der Waals surface area contributed by atoms with Crippen molar-refractivity contribution in [3.63, 3.8) is 0 Å². The molecule has 3 aromatic carbocycles. The van der Waals surface area contributed by atoms with E-state index in [1.165, 1.54) is 12.1 Å². The van der Waals surface area contributed by atoms with Crippen LogP contribution in [0.4, 0.5) is 4.39 Å². The van der Waals surface area contributed by atoms with Gasteiger partial charge in [0.2, 0.25) is 0 Å². The van der Waals surface area contributed by atoms with Gasteiger partial charge < -0.3 is 14.3 Å². The van der Waals surface area contributed by atoms with Gasteiger partial charge in [-0.15, -0.1) is 0 Å². The van der Waals surface area contributed by atoms with E-state index in [1.54, 1.807) is 12.1 Å². The minimum Gasteiger partial charge on any atom is -0.464 e. The third-order valence-electron chi connectivity index (χ3n) is 6.33. The molecule has 0 spiro atoms. The molecule has 5 heteroatoms. The summed E-state index contributed by atoms with van der Waals surface area (Å²) in [5.41, 5.74) is 5.37. The first-order valence-corrected chi connectivity index (χ1v) is 10.9. The Bertz CT molecular complexity index is 1500. The molecular formula is C28H21FN2O2. The average Bonchev–Trinajstić information content (AvgIpc) is 3.49. The summed E-state index contributed by atoms with van der Waals surface area (Å²) in [5, 5.41) is 1.03. The van der Waals surface area contributed by atoms with Gasteiger partial charge in [-0.25, -0.2) is 4.39 Å². The van der Waals surface area contributed by atoms with Gasteiger partial charge in [0, 0.05) is 22.0 Å². The highest BCUT2D eigenvalue weighted by molar-refractivity contribution is 6.02. The zero-order chi connectivity index (χ0) is 22.5. The van der Waals surface area contributed by atoms with Crippen molar-refractivity contribution in [3.05, 3.63) is 119 Å². The third kappa shape index (κ3) is 3.16. The van der Waals surface area contributed by atoms with Gasteiger partial charge in [-0.3, -0.25) is 4.79 Å². The maximum absolute atomic E-state index is 13.7. The van der Waals surface area contributed by atoms with Gasteiger partial charge in [-0.05, 0) is 66.6 Å². The quantitative estimate of drug-likeness (QED) is 0.344. The number of aromatic nitrogens is 1. The Morgan fingerprint density at radius 2 is 1.70 bits per heavy atom. The van der Waals surface area contributed by atoms with Crippen LogP contribution >= 0.6 is 0 Å². The number of carbonyl (C=O) groups excluding carboxylic acids is 1. The van der Waals surface area contributed by atoms with E-state index in [1.807, 2.05) is 66.4 Å².